The van der Waals surface area contributed by atoms with Crippen molar-refractivity contribution in [3.8, 4) is 0 Å². The van der Waals surface area contributed by atoms with Gasteiger partial charge < -0.3 is 4.90 Å². The predicted molar refractivity (Wildman–Crippen MR) is 90.4 cm³/mol. The van der Waals surface area contributed by atoms with Gasteiger partial charge in [0.2, 0.25) is 0 Å². The van der Waals surface area contributed by atoms with E-state index in [-0.39, 0.29) is 11.8 Å². The number of nitrogens with zero attached hydrogens (tertiary/aromatic N) is 3. The Labute approximate surface area is 150 Å². The monoisotopic (exact) mass is 363 g/mol. The first-order valence-electron chi connectivity index (χ1n) is 8.67. The standard InChI is InChI=1S/C19H20F3N3O/c20-19(21,22)16-7-2-1-6-15(16)10-9-14-5-4-12-25(13-14)18(26)17-8-3-11-23-24-17/h1-3,6-8,11,14H,4-5,9-10,12-13H2/t14-/m0/s1. The lowest BCUT2D eigenvalue weighted by molar-refractivity contribution is -0.138. The second-order valence-corrected chi connectivity index (χ2v) is 6.56. The van der Waals surface area contributed by atoms with Gasteiger partial charge in [-0.3, -0.25) is 4.79 Å². The third-order valence-electron chi connectivity index (χ3n) is 4.74. The summed E-state index contributed by atoms with van der Waals surface area (Å²) in [5.41, 5.74) is 0.0521. The number of piperidine rings is 1. The molecule has 0 spiro atoms. The SMILES string of the molecule is O=C(c1cccnn1)N1CCC[C@@H](CCc2ccccc2C(F)(F)F)C1. The number of hydrogen-bond acceptors (Lipinski definition) is 3. The molecular formula is C19H20F3N3O. The van der Waals surface area contributed by atoms with Crippen molar-refractivity contribution < 1.29 is 18.0 Å². The van der Waals surface area contributed by atoms with E-state index in [0.717, 1.165) is 18.9 Å². The van der Waals surface area contributed by atoms with Crippen molar-refractivity contribution in [1.82, 2.24) is 15.1 Å². The summed E-state index contributed by atoms with van der Waals surface area (Å²) in [6.45, 7) is 1.19. The number of benzene rings is 1. The van der Waals surface area contributed by atoms with Crippen LogP contribution in [-0.2, 0) is 12.6 Å². The van der Waals surface area contributed by atoms with E-state index < -0.39 is 11.7 Å². The summed E-state index contributed by atoms with van der Waals surface area (Å²) >= 11 is 0. The molecule has 0 radical (unpaired) electrons. The zero-order valence-electron chi connectivity index (χ0n) is 14.2. The summed E-state index contributed by atoms with van der Waals surface area (Å²) in [6, 6.07) is 8.99. The van der Waals surface area contributed by atoms with Crippen LogP contribution in [0.5, 0.6) is 0 Å². The number of likely N-dealkylation sites (tertiary alicyclic amines) is 1. The second-order valence-electron chi connectivity index (χ2n) is 6.56. The van der Waals surface area contributed by atoms with Gasteiger partial charge in [-0.15, -0.1) is 5.10 Å². The van der Waals surface area contributed by atoms with E-state index in [1.807, 2.05) is 0 Å². The van der Waals surface area contributed by atoms with Crippen molar-refractivity contribution in [1.29, 1.82) is 0 Å². The molecule has 1 aromatic carbocycles. The van der Waals surface area contributed by atoms with Gasteiger partial charge in [-0.25, -0.2) is 0 Å². The first-order valence-corrected chi connectivity index (χ1v) is 8.67. The molecule has 1 amide bonds. The van der Waals surface area contributed by atoms with E-state index in [1.165, 1.54) is 18.3 Å². The van der Waals surface area contributed by atoms with Crippen LogP contribution in [0.2, 0.25) is 0 Å². The molecule has 2 aromatic rings. The average Bonchev–Trinajstić information content (AvgIpc) is 2.66. The zero-order valence-corrected chi connectivity index (χ0v) is 14.2. The molecule has 26 heavy (non-hydrogen) atoms. The first kappa shape index (κ1) is 18.4. The van der Waals surface area contributed by atoms with Gasteiger partial charge in [0.05, 0.1) is 5.56 Å². The van der Waals surface area contributed by atoms with E-state index in [1.54, 1.807) is 23.1 Å². The number of rotatable bonds is 4. The third-order valence-corrected chi connectivity index (χ3v) is 4.74. The van der Waals surface area contributed by atoms with E-state index in [2.05, 4.69) is 10.2 Å². The van der Waals surface area contributed by atoms with Gasteiger partial charge in [0.1, 0.15) is 0 Å². The first-order chi connectivity index (χ1) is 12.4. The number of hydrogen-bond donors (Lipinski definition) is 0. The Morgan fingerprint density at radius 1 is 1.19 bits per heavy atom. The minimum absolute atomic E-state index is 0.168. The van der Waals surface area contributed by atoms with Crippen LogP contribution >= 0.6 is 0 Å². The molecule has 4 nitrogen and oxygen atoms in total. The van der Waals surface area contributed by atoms with Crippen LogP contribution in [0.3, 0.4) is 0 Å². The minimum Gasteiger partial charge on any atom is -0.337 e. The van der Waals surface area contributed by atoms with Gasteiger partial charge in [0, 0.05) is 19.3 Å². The normalized spacial score (nSPS) is 18.0. The Kier molecular flexibility index (Phi) is 5.54. The van der Waals surface area contributed by atoms with Crippen LogP contribution in [0.4, 0.5) is 13.2 Å². The van der Waals surface area contributed by atoms with Crippen molar-refractivity contribution in [3.05, 3.63) is 59.4 Å². The molecule has 0 N–H and O–H groups in total. The third kappa shape index (κ3) is 4.39. The fraction of sp³-hybridized carbons (Fsp3) is 0.421. The molecule has 1 fully saturated rings. The Balaban J connectivity index is 1.62. The molecule has 1 saturated heterocycles. The fourth-order valence-corrected chi connectivity index (χ4v) is 3.44. The van der Waals surface area contributed by atoms with Crippen molar-refractivity contribution in [2.24, 2.45) is 5.92 Å². The highest BCUT2D eigenvalue weighted by molar-refractivity contribution is 5.92. The Bertz CT molecular complexity index is 749. The topological polar surface area (TPSA) is 46.1 Å². The van der Waals surface area contributed by atoms with Crippen molar-refractivity contribution in [2.75, 3.05) is 13.1 Å². The van der Waals surface area contributed by atoms with E-state index in [9.17, 15) is 18.0 Å². The molecule has 138 valence electrons. The highest BCUT2D eigenvalue weighted by Gasteiger charge is 2.33. The van der Waals surface area contributed by atoms with Gasteiger partial charge in [-0.05, 0) is 55.4 Å². The fourth-order valence-electron chi connectivity index (χ4n) is 3.44. The average molecular weight is 363 g/mol. The van der Waals surface area contributed by atoms with Crippen LogP contribution in [0.25, 0.3) is 0 Å². The van der Waals surface area contributed by atoms with Crippen LogP contribution in [0.1, 0.15) is 40.9 Å². The molecule has 0 saturated carbocycles. The van der Waals surface area contributed by atoms with Crippen molar-refractivity contribution in [3.63, 3.8) is 0 Å². The number of amides is 1. The van der Waals surface area contributed by atoms with Crippen molar-refractivity contribution in [2.45, 2.75) is 31.9 Å². The number of aryl methyl sites for hydroxylation is 1. The van der Waals surface area contributed by atoms with E-state index in [4.69, 9.17) is 0 Å². The van der Waals surface area contributed by atoms with Crippen LogP contribution in [0, 0.1) is 5.92 Å². The number of aromatic nitrogens is 2. The van der Waals surface area contributed by atoms with Gasteiger partial charge in [0.25, 0.3) is 5.91 Å². The molecule has 0 bridgehead atoms. The maximum atomic E-state index is 13.1. The number of carbonyl (C=O) groups excluding carboxylic acids is 1. The molecule has 1 aliphatic rings. The summed E-state index contributed by atoms with van der Waals surface area (Å²) < 4.78 is 39.3. The summed E-state index contributed by atoms with van der Waals surface area (Å²) in [5.74, 6) is 0.0177. The van der Waals surface area contributed by atoms with Crippen LogP contribution in [-0.4, -0.2) is 34.1 Å². The minimum atomic E-state index is -4.34. The number of halogens is 3. The van der Waals surface area contributed by atoms with Gasteiger partial charge in [0.15, 0.2) is 5.69 Å². The largest absolute Gasteiger partial charge is 0.416 e. The molecule has 2 heterocycles. The van der Waals surface area contributed by atoms with E-state index in [0.29, 0.717) is 37.2 Å². The molecular weight excluding hydrogens is 343 g/mol. The lowest BCUT2D eigenvalue weighted by atomic mass is 9.90. The van der Waals surface area contributed by atoms with Gasteiger partial charge >= 0.3 is 6.18 Å². The maximum Gasteiger partial charge on any atom is 0.416 e. The lowest BCUT2D eigenvalue weighted by Gasteiger charge is -2.32. The molecule has 1 aliphatic heterocycles. The predicted octanol–water partition coefficient (Wildman–Crippen LogP) is 3.98. The lowest BCUT2D eigenvalue weighted by Crippen LogP contribution is -2.40. The number of carbonyl (C=O) groups is 1. The highest BCUT2D eigenvalue weighted by Crippen LogP contribution is 2.33. The number of alkyl halides is 3. The van der Waals surface area contributed by atoms with Crippen LogP contribution in [0.15, 0.2) is 42.6 Å². The smallest absolute Gasteiger partial charge is 0.337 e. The summed E-state index contributed by atoms with van der Waals surface area (Å²) in [6.07, 6.45) is -0.0914. The summed E-state index contributed by atoms with van der Waals surface area (Å²) in [5, 5.41) is 7.57. The Hall–Kier alpha value is -2.44. The zero-order chi connectivity index (χ0) is 18.6. The maximum absolute atomic E-state index is 13.1. The molecule has 0 aliphatic carbocycles. The molecule has 1 atom stereocenters. The molecule has 7 heteroatoms. The van der Waals surface area contributed by atoms with Crippen LogP contribution < -0.4 is 0 Å². The summed E-state index contributed by atoms with van der Waals surface area (Å²) in [7, 11) is 0. The molecule has 0 unspecified atom stereocenters. The second kappa shape index (κ2) is 7.85. The quantitative estimate of drug-likeness (QED) is 0.825. The summed E-state index contributed by atoms with van der Waals surface area (Å²) in [4.78, 5) is 14.2. The molecule has 1 aromatic heterocycles. The van der Waals surface area contributed by atoms with Gasteiger partial charge in [-0.1, -0.05) is 18.2 Å². The highest BCUT2D eigenvalue weighted by atomic mass is 19.4. The van der Waals surface area contributed by atoms with Crippen molar-refractivity contribution >= 4 is 5.91 Å². The molecule has 3 rings (SSSR count). The van der Waals surface area contributed by atoms with E-state index >= 15 is 0 Å². The van der Waals surface area contributed by atoms with Gasteiger partial charge in [-0.2, -0.15) is 18.3 Å². The Morgan fingerprint density at radius 3 is 2.73 bits per heavy atom. The Morgan fingerprint density at radius 2 is 2.00 bits per heavy atom.